The van der Waals surface area contributed by atoms with Crippen LogP contribution in [0.15, 0.2) is 24.4 Å². The highest BCUT2D eigenvalue weighted by atomic mass is 35.5. The number of nitrogens with one attached hydrogen (secondary N) is 2. The first kappa shape index (κ1) is 24.3. The molecule has 0 bridgehead atoms. The number of rotatable bonds is 6. The van der Waals surface area contributed by atoms with Crippen molar-refractivity contribution < 1.29 is 19.1 Å². The number of carbonyl (C=O) groups excluding carboxylic acids is 3. The van der Waals surface area contributed by atoms with Crippen LogP contribution in [-0.2, 0) is 21.4 Å². The summed E-state index contributed by atoms with van der Waals surface area (Å²) in [4.78, 5) is 44.8. The number of aryl methyl sites for hydroxylation is 1. The first-order valence-corrected chi connectivity index (χ1v) is 12.5. The molecule has 0 aliphatic carbocycles. The summed E-state index contributed by atoms with van der Waals surface area (Å²) in [5.41, 5.74) is 2.62. The molecule has 4 amide bonds. The van der Waals surface area contributed by atoms with Crippen LogP contribution in [0.4, 0.5) is 20.4 Å². The Morgan fingerprint density at radius 1 is 1.26 bits per heavy atom. The van der Waals surface area contributed by atoms with E-state index in [-0.39, 0.29) is 23.4 Å². The minimum absolute atomic E-state index is 0.121. The van der Waals surface area contributed by atoms with Crippen molar-refractivity contribution in [2.75, 3.05) is 43.5 Å². The molecule has 3 heterocycles. The van der Waals surface area contributed by atoms with Gasteiger partial charge in [0.2, 0.25) is 0 Å². The Hall–Kier alpha value is -2.85. The van der Waals surface area contributed by atoms with Crippen LogP contribution >= 0.6 is 22.9 Å². The Balaban J connectivity index is 1.57. The molecule has 1 aromatic carbocycles. The topological polar surface area (TPSA) is 104 Å². The summed E-state index contributed by atoms with van der Waals surface area (Å²) in [7, 11) is 1.62. The number of hydrogen-bond donors (Lipinski definition) is 2. The molecule has 2 aliphatic rings. The number of thiazole rings is 1. The normalized spacial score (nSPS) is 18.8. The average Bonchev–Trinajstić information content (AvgIpc) is 3.52. The van der Waals surface area contributed by atoms with Crippen LogP contribution in [0.1, 0.15) is 37.3 Å². The number of anilines is 2. The van der Waals surface area contributed by atoms with Crippen molar-refractivity contribution in [3.8, 4) is 0 Å². The van der Waals surface area contributed by atoms with Gasteiger partial charge in [0.25, 0.3) is 0 Å². The molecular weight excluding hydrogens is 478 g/mol. The average molecular weight is 506 g/mol. The molecule has 34 heavy (non-hydrogen) atoms. The summed E-state index contributed by atoms with van der Waals surface area (Å²) in [6, 6.07) is 5.68. The standard InChI is InChI=1S/C23H28ClN5O4S/c1-3-33-19(30)6-4-5-15-7-8-17-16(11-15)23(9-10-28(13-23)21(31)25-2)14-29(17)22(32)27-20-26-12-18(24)34-20/h7-8,11-12H,3-6,9-10,13-14H2,1-2H3,(H,25,31)(H,26,27,32). The molecule has 1 unspecified atom stereocenters. The lowest BCUT2D eigenvalue weighted by Gasteiger charge is -2.25. The van der Waals surface area contributed by atoms with Gasteiger partial charge < -0.3 is 15.0 Å². The van der Waals surface area contributed by atoms with Gasteiger partial charge in [-0.3, -0.25) is 15.0 Å². The lowest BCUT2D eigenvalue weighted by molar-refractivity contribution is -0.143. The molecule has 0 saturated carbocycles. The van der Waals surface area contributed by atoms with Gasteiger partial charge in [-0.1, -0.05) is 35.1 Å². The predicted octanol–water partition coefficient (Wildman–Crippen LogP) is 4.02. The van der Waals surface area contributed by atoms with Crippen molar-refractivity contribution in [3.63, 3.8) is 0 Å². The Bertz CT molecular complexity index is 1090. The largest absolute Gasteiger partial charge is 0.466 e. The Morgan fingerprint density at radius 2 is 2.09 bits per heavy atom. The summed E-state index contributed by atoms with van der Waals surface area (Å²) >= 11 is 7.16. The van der Waals surface area contributed by atoms with Gasteiger partial charge in [0, 0.05) is 44.2 Å². The quantitative estimate of drug-likeness (QED) is 0.577. The van der Waals surface area contributed by atoms with Gasteiger partial charge in [0.05, 0.1) is 12.8 Å². The van der Waals surface area contributed by atoms with E-state index < -0.39 is 0 Å². The van der Waals surface area contributed by atoms with Gasteiger partial charge in [0.15, 0.2) is 5.13 Å². The molecule has 9 nitrogen and oxygen atoms in total. The zero-order valence-electron chi connectivity index (χ0n) is 19.2. The number of urea groups is 2. The monoisotopic (exact) mass is 505 g/mol. The molecular formula is C23H28ClN5O4S. The number of halogens is 1. The van der Waals surface area contributed by atoms with Gasteiger partial charge in [-0.25, -0.2) is 14.6 Å². The highest BCUT2D eigenvalue weighted by Crippen LogP contribution is 2.47. The fourth-order valence-electron chi connectivity index (χ4n) is 4.75. The summed E-state index contributed by atoms with van der Waals surface area (Å²) in [5.74, 6) is -0.192. The van der Waals surface area contributed by atoms with Crippen LogP contribution in [0.5, 0.6) is 0 Å². The van der Waals surface area contributed by atoms with E-state index in [1.807, 2.05) is 12.1 Å². The van der Waals surface area contributed by atoms with Gasteiger partial charge in [-0.2, -0.15) is 0 Å². The molecule has 1 saturated heterocycles. The molecule has 1 atom stereocenters. The van der Waals surface area contributed by atoms with E-state index >= 15 is 0 Å². The minimum Gasteiger partial charge on any atom is -0.466 e. The summed E-state index contributed by atoms with van der Waals surface area (Å²) in [6.07, 6.45) is 4.04. The number of aromatic nitrogens is 1. The lowest BCUT2D eigenvalue weighted by atomic mass is 9.80. The highest BCUT2D eigenvalue weighted by molar-refractivity contribution is 7.19. The van der Waals surface area contributed by atoms with E-state index in [0.29, 0.717) is 48.6 Å². The number of ether oxygens (including phenoxy) is 1. The van der Waals surface area contributed by atoms with Crippen LogP contribution in [0.3, 0.4) is 0 Å². The van der Waals surface area contributed by atoms with Crippen LogP contribution < -0.4 is 15.5 Å². The molecule has 0 radical (unpaired) electrons. The number of fused-ring (bicyclic) bond motifs is 2. The third-order valence-electron chi connectivity index (χ3n) is 6.33. The minimum atomic E-state index is -0.350. The maximum Gasteiger partial charge on any atom is 0.328 e. The first-order valence-electron chi connectivity index (χ1n) is 11.3. The van der Waals surface area contributed by atoms with E-state index in [1.165, 1.54) is 17.5 Å². The maximum absolute atomic E-state index is 13.2. The fraction of sp³-hybridized carbons (Fsp3) is 0.478. The second-order valence-electron chi connectivity index (χ2n) is 8.50. The van der Waals surface area contributed by atoms with E-state index in [1.54, 1.807) is 23.8 Å². The third kappa shape index (κ3) is 4.97. The number of likely N-dealkylation sites (tertiary alicyclic amines) is 1. The van der Waals surface area contributed by atoms with Gasteiger partial charge in [0.1, 0.15) is 4.34 Å². The molecule has 4 rings (SSSR count). The van der Waals surface area contributed by atoms with Crippen molar-refractivity contribution >= 4 is 51.8 Å². The van der Waals surface area contributed by atoms with Crippen LogP contribution in [-0.4, -0.2) is 61.2 Å². The fourth-order valence-corrected chi connectivity index (χ4v) is 5.55. The smallest absolute Gasteiger partial charge is 0.328 e. The van der Waals surface area contributed by atoms with E-state index in [2.05, 4.69) is 21.7 Å². The molecule has 1 aromatic heterocycles. The second-order valence-corrected chi connectivity index (χ2v) is 10.2. The Morgan fingerprint density at radius 3 is 2.79 bits per heavy atom. The molecule has 11 heteroatoms. The Labute approximate surface area is 207 Å². The maximum atomic E-state index is 13.2. The highest BCUT2D eigenvalue weighted by Gasteiger charge is 2.49. The number of carbonyl (C=O) groups is 3. The van der Waals surface area contributed by atoms with Gasteiger partial charge >= 0.3 is 18.0 Å². The van der Waals surface area contributed by atoms with Crippen molar-refractivity contribution in [3.05, 3.63) is 39.9 Å². The number of nitrogens with zero attached hydrogens (tertiary/aromatic N) is 3. The number of esters is 1. The van der Waals surface area contributed by atoms with Crippen LogP contribution in [0.25, 0.3) is 0 Å². The summed E-state index contributed by atoms with van der Waals surface area (Å²) < 4.78 is 5.52. The third-order valence-corrected chi connectivity index (χ3v) is 7.36. The molecule has 2 N–H and O–H groups in total. The van der Waals surface area contributed by atoms with Crippen molar-refractivity contribution in [2.45, 2.75) is 38.0 Å². The Kier molecular flexibility index (Phi) is 7.27. The second kappa shape index (κ2) is 10.2. The summed E-state index contributed by atoms with van der Waals surface area (Å²) in [5, 5.41) is 5.97. The number of hydrogen-bond acceptors (Lipinski definition) is 6. The molecule has 2 aromatic rings. The molecule has 2 aliphatic heterocycles. The van der Waals surface area contributed by atoms with E-state index in [4.69, 9.17) is 16.3 Å². The molecule has 1 fully saturated rings. The van der Waals surface area contributed by atoms with Crippen LogP contribution in [0.2, 0.25) is 4.34 Å². The van der Waals surface area contributed by atoms with E-state index in [0.717, 1.165) is 29.7 Å². The molecule has 1 spiro atoms. The van der Waals surface area contributed by atoms with Crippen molar-refractivity contribution in [1.29, 1.82) is 0 Å². The SMILES string of the molecule is CCOC(=O)CCCc1ccc2c(c1)C1(CCN(C(=O)NC)C1)CN2C(=O)Nc1ncc(Cl)s1. The summed E-state index contributed by atoms with van der Waals surface area (Å²) in [6.45, 7) is 3.79. The van der Waals surface area contributed by atoms with E-state index in [9.17, 15) is 14.4 Å². The van der Waals surface area contributed by atoms with Crippen molar-refractivity contribution in [1.82, 2.24) is 15.2 Å². The number of amides is 4. The van der Waals surface area contributed by atoms with Crippen molar-refractivity contribution in [2.24, 2.45) is 0 Å². The van der Waals surface area contributed by atoms with Gasteiger partial charge in [-0.15, -0.1) is 0 Å². The lowest BCUT2D eigenvalue weighted by Crippen LogP contribution is -2.43. The zero-order chi connectivity index (χ0) is 24.3. The predicted molar refractivity (Wildman–Crippen MR) is 132 cm³/mol. The van der Waals surface area contributed by atoms with Crippen LogP contribution in [0, 0.1) is 0 Å². The van der Waals surface area contributed by atoms with Gasteiger partial charge in [-0.05, 0) is 43.4 Å². The zero-order valence-corrected chi connectivity index (χ0v) is 20.8. The number of benzene rings is 1. The first-order chi connectivity index (χ1) is 16.3. The molecule has 182 valence electrons.